The van der Waals surface area contributed by atoms with Gasteiger partial charge in [-0.15, -0.1) is 0 Å². The molecule has 0 N–H and O–H groups in total. The largest absolute Gasteiger partial charge is 0.497 e. The molecule has 84 valence electrons. The van der Waals surface area contributed by atoms with Gasteiger partial charge in [-0.05, 0) is 24.1 Å². The van der Waals surface area contributed by atoms with E-state index >= 15 is 0 Å². The number of carbonyl (C=O) groups excluding carboxylic acids is 1. The van der Waals surface area contributed by atoms with Gasteiger partial charge < -0.3 is 9.47 Å². The Bertz CT molecular complexity index is 417. The molecule has 0 amide bonds. The average molecular weight is 218 g/mol. The lowest BCUT2D eigenvalue weighted by molar-refractivity contribution is -0.141. The second-order valence-corrected chi connectivity index (χ2v) is 3.71. The summed E-state index contributed by atoms with van der Waals surface area (Å²) in [4.78, 5) is 11.7. The Labute approximate surface area is 94.7 Å². The van der Waals surface area contributed by atoms with Crippen molar-refractivity contribution in [2.75, 3.05) is 14.2 Å². The van der Waals surface area contributed by atoms with E-state index in [1.807, 2.05) is 30.3 Å². The van der Waals surface area contributed by atoms with Crippen molar-refractivity contribution in [3.8, 4) is 5.75 Å². The monoisotopic (exact) mass is 218 g/mol. The minimum atomic E-state index is -0.240. The van der Waals surface area contributed by atoms with Crippen molar-refractivity contribution in [2.45, 2.75) is 12.3 Å². The zero-order valence-electron chi connectivity index (χ0n) is 9.40. The van der Waals surface area contributed by atoms with Crippen molar-refractivity contribution in [3.05, 3.63) is 41.5 Å². The number of rotatable bonds is 4. The SMILES string of the molecule is COC(=O)C(C1=CC1)c1ccc(OC)cc1. The molecular weight excluding hydrogens is 204 g/mol. The predicted octanol–water partition coefficient (Wildman–Crippen LogP) is 2.28. The zero-order valence-corrected chi connectivity index (χ0v) is 9.40. The summed E-state index contributed by atoms with van der Waals surface area (Å²) < 4.78 is 9.89. The van der Waals surface area contributed by atoms with Crippen LogP contribution in [0.2, 0.25) is 0 Å². The van der Waals surface area contributed by atoms with Gasteiger partial charge in [0.25, 0.3) is 0 Å². The molecule has 0 spiro atoms. The molecule has 1 aliphatic carbocycles. The van der Waals surface area contributed by atoms with Crippen LogP contribution in [-0.2, 0) is 9.53 Å². The fourth-order valence-electron chi connectivity index (χ4n) is 1.71. The van der Waals surface area contributed by atoms with E-state index < -0.39 is 0 Å². The molecule has 1 aliphatic rings. The van der Waals surface area contributed by atoms with Gasteiger partial charge >= 0.3 is 5.97 Å². The van der Waals surface area contributed by atoms with Crippen LogP contribution in [0.4, 0.5) is 0 Å². The van der Waals surface area contributed by atoms with E-state index in [1.54, 1.807) is 7.11 Å². The number of carbonyl (C=O) groups is 1. The van der Waals surface area contributed by atoms with E-state index in [0.29, 0.717) is 0 Å². The lowest BCUT2D eigenvalue weighted by Crippen LogP contribution is -2.13. The molecule has 16 heavy (non-hydrogen) atoms. The van der Waals surface area contributed by atoms with Gasteiger partial charge in [0.2, 0.25) is 0 Å². The number of ether oxygens (including phenoxy) is 2. The summed E-state index contributed by atoms with van der Waals surface area (Å²) in [6, 6.07) is 7.52. The van der Waals surface area contributed by atoms with Crippen LogP contribution in [0.5, 0.6) is 5.75 Å². The van der Waals surface area contributed by atoms with E-state index in [1.165, 1.54) is 7.11 Å². The van der Waals surface area contributed by atoms with Crippen LogP contribution in [0.3, 0.4) is 0 Å². The molecule has 0 saturated carbocycles. The first-order valence-corrected chi connectivity index (χ1v) is 5.17. The molecule has 0 fully saturated rings. The molecule has 3 nitrogen and oxygen atoms in total. The topological polar surface area (TPSA) is 35.5 Å². The molecule has 0 heterocycles. The number of esters is 1. The maximum Gasteiger partial charge on any atom is 0.317 e. The van der Waals surface area contributed by atoms with Crippen LogP contribution in [0.25, 0.3) is 0 Å². The van der Waals surface area contributed by atoms with Gasteiger partial charge in [-0.3, -0.25) is 4.79 Å². The number of allylic oxidation sites excluding steroid dienone is 1. The Morgan fingerprint density at radius 1 is 1.25 bits per heavy atom. The van der Waals surface area contributed by atoms with E-state index in [-0.39, 0.29) is 11.9 Å². The Morgan fingerprint density at radius 3 is 2.31 bits per heavy atom. The molecule has 0 aliphatic heterocycles. The number of hydrogen-bond acceptors (Lipinski definition) is 3. The standard InChI is InChI=1S/C13H14O3/c1-15-11-7-5-10(6-8-11)12(9-3-4-9)13(14)16-2/h3,5-8,12H,4H2,1-2H3. The van der Waals surface area contributed by atoms with Gasteiger partial charge in [0.05, 0.1) is 14.2 Å². The van der Waals surface area contributed by atoms with Crippen LogP contribution in [0.1, 0.15) is 17.9 Å². The first-order chi connectivity index (χ1) is 7.76. The Hall–Kier alpha value is -1.77. The van der Waals surface area contributed by atoms with E-state index in [4.69, 9.17) is 9.47 Å². The highest BCUT2D eigenvalue weighted by molar-refractivity contribution is 5.83. The first-order valence-electron chi connectivity index (χ1n) is 5.17. The fourth-order valence-corrected chi connectivity index (χ4v) is 1.71. The minimum absolute atomic E-state index is 0.200. The summed E-state index contributed by atoms with van der Waals surface area (Å²) in [6.45, 7) is 0. The second-order valence-electron chi connectivity index (χ2n) is 3.71. The van der Waals surface area contributed by atoms with Crippen molar-refractivity contribution in [3.63, 3.8) is 0 Å². The molecule has 0 bridgehead atoms. The van der Waals surface area contributed by atoms with Gasteiger partial charge in [-0.1, -0.05) is 23.8 Å². The Balaban J connectivity index is 2.25. The highest BCUT2D eigenvalue weighted by Crippen LogP contribution is 2.36. The van der Waals surface area contributed by atoms with E-state index in [2.05, 4.69) is 0 Å². The maximum absolute atomic E-state index is 11.7. The fraction of sp³-hybridized carbons (Fsp3) is 0.308. The van der Waals surface area contributed by atoms with Crippen LogP contribution in [0.15, 0.2) is 35.9 Å². The van der Waals surface area contributed by atoms with Crippen molar-refractivity contribution in [2.24, 2.45) is 0 Å². The van der Waals surface area contributed by atoms with Crippen LogP contribution in [-0.4, -0.2) is 20.2 Å². The van der Waals surface area contributed by atoms with Gasteiger partial charge in [0, 0.05) is 0 Å². The first kappa shape index (κ1) is 10.7. The summed E-state index contributed by atoms with van der Waals surface area (Å²) >= 11 is 0. The van der Waals surface area contributed by atoms with Crippen LogP contribution < -0.4 is 4.74 Å². The summed E-state index contributed by atoms with van der Waals surface area (Å²) in [5.74, 6) is 0.349. The third kappa shape index (κ3) is 2.08. The molecular formula is C13H14O3. The zero-order chi connectivity index (χ0) is 11.5. The summed E-state index contributed by atoms with van der Waals surface area (Å²) in [6.07, 6.45) is 2.96. The van der Waals surface area contributed by atoms with Crippen LogP contribution in [0, 0.1) is 0 Å². The lowest BCUT2D eigenvalue weighted by atomic mass is 9.96. The van der Waals surface area contributed by atoms with E-state index in [9.17, 15) is 4.79 Å². The molecule has 1 aromatic carbocycles. The van der Waals surface area contributed by atoms with Crippen LogP contribution >= 0.6 is 0 Å². The van der Waals surface area contributed by atoms with Crippen molar-refractivity contribution in [1.82, 2.24) is 0 Å². The van der Waals surface area contributed by atoms with E-state index in [0.717, 1.165) is 23.3 Å². The third-order valence-corrected chi connectivity index (χ3v) is 2.70. The highest BCUT2D eigenvalue weighted by Gasteiger charge is 2.29. The van der Waals surface area contributed by atoms with Gasteiger partial charge in [0.15, 0.2) is 0 Å². The average Bonchev–Trinajstić information content (AvgIpc) is 3.14. The summed E-state index contributed by atoms with van der Waals surface area (Å²) in [5, 5.41) is 0. The molecule has 1 unspecified atom stereocenters. The lowest BCUT2D eigenvalue weighted by Gasteiger charge is -2.12. The van der Waals surface area contributed by atoms with Gasteiger partial charge in [0.1, 0.15) is 11.7 Å². The Kier molecular flexibility index (Phi) is 2.95. The normalized spacial score (nSPS) is 15.0. The maximum atomic E-state index is 11.7. The molecule has 3 heteroatoms. The molecule has 1 atom stereocenters. The summed E-state index contributed by atoms with van der Waals surface area (Å²) in [5.41, 5.74) is 2.09. The number of benzene rings is 1. The number of methoxy groups -OCH3 is 2. The highest BCUT2D eigenvalue weighted by atomic mass is 16.5. The minimum Gasteiger partial charge on any atom is -0.497 e. The molecule has 2 rings (SSSR count). The Morgan fingerprint density at radius 2 is 1.88 bits per heavy atom. The predicted molar refractivity (Wildman–Crippen MR) is 60.5 cm³/mol. The second kappa shape index (κ2) is 4.39. The number of hydrogen-bond donors (Lipinski definition) is 0. The summed E-state index contributed by atoms with van der Waals surface area (Å²) in [7, 11) is 3.04. The molecule has 1 aromatic rings. The van der Waals surface area contributed by atoms with Crippen molar-refractivity contribution in [1.29, 1.82) is 0 Å². The molecule has 0 radical (unpaired) electrons. The van der Waals surface area contributed by atoms with Gasteiger partial charge in [-0.2, -0.15) is 0 Å². The molecule has 0 saturated heterocycles. The quantitative estimate of drug-likeness (QED) is 0.574. The van der Waals surface area contributed by atoms with Crippen molar-refractivity contribution >= 4 is 5.97 Å². The van der Waals surface area contributed by atoms with Gasteiger partial charge in [-0.25, -0.2) is 0 Å². The van der Waals surface area contributed by atoms with Crippen molar-refractivity contribution < 1.29 is 14.3 Å². The third-order valence-electron chi connectivity index (χ3n) is 2.70. The smallest absolute Gasteiger partial charge is 0.317 e. The molecule has 0 aromatic heterocycles.